The van der Waals surface area contributed by atoms with Crippen LogP contribution in [0.1, 0.15) is 30.4 Å². The van der Waals surface area contributed by atoms with E-state index in [0.717, 1.165) is 24.0 Å². The van der Waals surface area contributed by atoms with Gasteiger partial charge in [-0.15, -0.1) is 0 Å². The summed E-state index contributed by atoms with van der Waals surface area (Å²) in [7, 11) is 0. The standard InChI is InChI=1S/C15H21NO3/c16-9-12-6-3-7-14(12)19-10-13-5-2-1-4-11(13)8-15(17)18/h1-2,4-5,12,14H,3,6-10,16H2,(H,17,18). The lowest BCUT2D eigenvalue weighted by Crippen LogP contribution is -2.25. The van der Waals surface area contributed by atoms with Gasteiger partial charge in [0.1, 0.15) is 0 Å². The number of hydrogen-bond acceptors (Lipinski definition) is 3. The van der Waals surface area contributed by atoms with Crippen molar-refractivity contribution in [2.45, 2.75) is 38.4 Å². The molecule has 0 heterocycles. The molecule has 0 aliphatic heterocycles. The van der Waals surface area contributed by atoms with Crippen LogP contribution in [-0.4, -0.2) is 23.7 Å². The van der Waals surface area contributed by atoms with Crippen molar-refractivity contribution in [1.29, 1.82) is 0 Å². The van der Waals surface area contributed by atoms with Gasteiger partial charge in [0, 0.05) is 0 Å². The first kappa shape index (κ1) is 14.0. The van der Waals surface area contributed by atoms with E-state index in [-0.39, 0.29) is 12.5 Å². The summed E-state index contributed by atoms with van der Waals surface area (Å²) in [5, 5.41) is 8.89. The predicted octanol–water partition coefficient (Wildman–Crippen LogP) is 1.96. The van der Waals surface area contributed by atoms with Crippen molar-refractivity contribution in [2.75, 3.05) is 6.54 Å². The van der Waals surface area contributed by atoms with E-state index in [4.69, 9.17) is 15.6 Å². The first-order valence-electron chi connectivity index (χ1n) is 6.81. The zero-order valence-electron chi connectivity index (χ0n) is 11.0. The van der Waals surface area contributed by atoms with Gasteiger partial charge in [-0.05, 0) is 36.4 Å². The van der Waals surface area contributed by atoms with E-state index in [1.165, 1.54) is 6.42 Å². The number of hydrogen-bond donors (Lipinski definition) is 2. The van der Waals surface area contributed by atoms with Gasteiger partial charge in [0.25, 0.3) is 0 Å². The van der Waals surface area contributed by atoms with Gasteiger partial charge >= 0.3 is 5.97 Å². The Balaban J connectivity index is 1.97. The molecule has 0 saturated heterocycles. The lowest BCUT2D eigenvalue weighted by Gasteiger charge is -2.19. The fourth-order valence-electron chi connectivity index (χ4n) is 2.72. The smallest absolute Gasteiger partial charge is 0.307 e. The van der Waals surface area contributed by atoms with Crippen LogP contribution in [0.4, 0.5) is 0 Å². The van der Waals surface area contributed by atoms with Crippen molar-refractivity contribution in [3.8, 4) is 0 Å². The summed E-state index contributed by atoms with van der Waals surface area (Å²) in [6, 6.07) is 7.56. The Morgan fingerprint density at radius 1 is 1.32 bits per heavy atom. The van der Waals surface area contributed by atoms with Crippen molar-refractivity contribution in [3.63, 3.8) is 0 Å². The maximum atomic E-state index is 10.8. The number of benzene rings is 1. The molecule has 0 bridgehead atoms. The van der Waals surface area contributed by atoms with Crippen LogP contribution < -0.4 is 5.73 Å². The van der Waals surface area contributed by atoms with E-state index in [9.17, 15) is 4.79 Å². The molecular formula is C15H21NO3. The SMILES string of the molecule is NCC1CCCC1OCc1ccccc1CC(=O)O. The molecule has 0 radical (unpaired) electrons. The van der Waals surface area contributed by atoms with E-state index >= 15 is 0 Å². The molecule has 2 rings (SSSR count). The molecule has 1 aliphatic carbocycles. The number of carboxylic acids is 1. The molecule has 1 aromatic rings. The molecular weight excluding hydrogens is 242 g/mol. The second-order valence-electron chi connectivity index (χ2n) is 5.12. The van der Waals surface area contributed by atoms with Crippen molar-refractivity contribution in [1.82, 2.24) is 0 Å². The van der Waals surface area contributed by atoms with E-state index in [1.807, 2.05) is 24.3 Å². The summed E-state index contributed by atoms with van der Waals surface area (Å²) in [5.74, 6) is -0.361. The number of carboxylic acid groups (broad SMARTS) is 1. The van der Waals surface area contributed by atoms with Crippen LogP contribution in [0.5, 0.6) is 0 Å². The molecule has 3 N–H and O–H groups in total. The fraction of sp³-hybridized carbons (Fsp3) is 0.533. The molecule has 1 fully saturated rings. The Morgan fingerprint density at radius 2 is 2.05 bits per heavy atom. The molecule has 0 aromatic heterocycles. The third-order valence-electron chi connectivity index (χ3n) is 3.81. The summed E-state index contributed by atoms with van der Waals surface area (Å²) in [6.07, 6.45) is 3.64. The minimum Gasteiger partial charge on any atom is -0.481 e. The number of rotatable bonds is 6. The van der Waals surface area contributed by atoms with Crippen molar-refractivity contribution in [3.05, 3.63) is 35.4 Å². The molecule has 2 atom stereocenters. The van der Waals surface area contributed by atoms with Gasteiger partial charge in [-0.1, -0.05) is 30.7 Å². The van der Waals surface area contributed by atoms with Crippen LogP contribution in [0.15, 0.2) is 24.3 Å². The molecule has 0 amide bonds. The number of aliphatic carboxylic acids is 1. The van der Waals surface area contributed by atoms with Crippen LogP contribution >= 0.6 is 0 Å². The van der Waals surface area contributed by atoms with Crippen molar-refractivity contribution >= 4 is 5.97 Å². The van der Waals surface area contributed by atoms with Crippen LogP contribution in [-0.2, 0) is 22.6 Å². The number of carbonyl (C=O) groups is 1. The summed E-state index contributed by atoms with van der Waals surface area (Å²) in [5.41, 5.74) is 7.53. The fourth-order valence-corrected chi connectivity index (χ4v) is 2.72. The minimum absolute atomic E-state index is 0.0461. The third kappa shape index (κ3) is 3.78. The monoisotopic (exact) mass is 263 g/mol. The van der Waals surface area contributed by atoms with Crippen LogP contribution in [0.2, 0.25) is 0 Å². The van der Waals surface area contributed by atoms with Crippen LogP contribution in [0, 0.1) is 5.92 Å². The number of ether oxygens (including phenoxy) is 1. The second kappa shape index (κ2) is 6.68. The number of nitrogens with two attached hydrogens (primary N) is 1. The second-order valence-corrected chi connectivity index (χ2v) is 5.12. The molecule has 2 unspecified atom stereocenters. The Bertz CT molecular complexity index is 433. The normalized spacial score (nSPS) is 22.6. The van der Waals surface area contributed by atoms with Crippen molar-refractivity contribution in [2.24, 2.45) is 11.7 Å². The van der Waals surface area contributed by atoms with Gasteiger partial charge in [-0.2, -0.15) is 0 Å². The Labute approximate surface area is 113 Å². The molecule has 104 valence electrons. The highest BCUT2D eigenvalue weighted by Crippen LogP contribution is 2.28. The third-order valence-corrected chi connectivity index (χ3v) is 3.81. The van der Waals surface area contributed by atoms with Gasteiger partial charge in [0.05, 0.1) is 19.1 Å². The minimum atomic E-state index is -0.812. The molecule has 4 nitrogen and oxygen atoms in total. The molecule has 1 aromatic carbocycles. The Kier molecular flexibility index (Phi) is 4.93. The molecule has 19 heavy (non-hydrogen) atoms. The van der Waals surface area contributed by atoms with Gasteiger partial charge < -0.3 is 15.6 Å². The Hall–Kier alpha value is -1.39. The van der Waals surface area contributed by atoms with E-state index in [0.29, 0.717) is 19.1 Å². The van der Waals surface area contributed by atoms with Gasteiger partial charge in [-0.3, -0.25) is 4.79 Å². The average molecular weight is 263 g/mol. The molecule has 1 saturated carbocycles. The molecule has 1 aliphatic rings. The van der Waals surface area contributed by atoms with Gasteiger partial charge in [0.2, 0.25) is 0 Å². The maximum Gasteiger partial charge on any atom is 0.307 e. The van der Waals surface area contributed by atoms with Crippen LogP contribution in [0.25, 0.3) is 0 Å². The van der Waals surface area contributed by atoms with E-state index in [2.05, 4.69) is 0 Å². The lowest BCUT2D eigenvalue weighted by atomic mass is 10.0. The average Bonchev–Trinajstić information content (AvgIpc) is 2.84. The summed E-state index contributed by atoms with van der Waals surface area (Å²) in [6.45, 7) is 1.14. The Morgan fingerprint density at radius 3 is 2.74 bits per heavy atom. The van der Waals surface area contributed by atoms with Gasteiger partial charge in [-0.25, -0.2) is 0 Å². The highest BCUT2D eigenvalue weighted by atomic mass is 16.5. The largest absolute Gasteiger partial charge is 0.481 e. The van der Waals surface area contributed by atoms with Gasteiger partial charge in [0.15, 0.2) is 0 Å². The maximum absolute atomic E-state index is 10.8. The lowest BCUT2D eigenvalue weighted by molar-refractivity contribution is -0.136. The summed E-state index contributed by atoms with van der Waals surface area (Å²) < 4.78 is 5.94. The summed E-state index contributed by atoms with van der Waals surface area (Å²) in [4.78, 5) is 10.8. The highest BCUT2D eigenvalue weighted by Gasteiger charge is 2.26. The molecule has 0 spiro atoms. The van der Waals surface area contributed by atoms with Crippen LogP contribution in [0.3, 0.4) is 0 Å². The van der Waals surface area contributed by atoms with E-state index in [1.54, 1.807) is 0 Å². The van der Waals surface area contributed by atoms with Crippen molar-refractivity contribution < 1.29 is 14.6 Å². The quantitative estimate of drug-likeness (QED) is 0.823. The highest BCUT2D eigenvalue weighted by molar-refractivity contribution is 5.70. The van der Waals surface area contributed by atoms with E-state index < -0.39 is 5.97 Å². The summed E-state index contributed by atoms with van der Waals surface area (Å²) >= 11 is 0. The topological polar surface area (TPSA) is 72.5 Å². The predicted molar refractivity (Wildman–Crippen MR) is 72.8 cm³/mol. The first-order chi connectivity index (χ1) is 9.20. The molecule has 4 heteroatoms. The first-order valence-corrected chi connectivity index (χ1v) is 6.81. The zero-order valence-corrected chi connectivity index (χ0v) is 11.0. The zero-order chi connectivity index (χ0) is 13.7.